The standard InChI is InChI=1S/C10H11Cl2F3N2O/c11-8-2-1-7(9(12)16-8)5-17(3-4-18)6-10(13,14)15/h1-2,18H,3-6H2. The van der Waals surface area contributed by atoms with Gasteiger partial charge in [-0.15, -0.1) is 0 Å². The van der Waals surface area contributed by atoms with Gasteiger partial charge in [0.05, 0.1) is 13.2 Å². The minimum absolute atomic E-state index is 0.0525. The highest BCUT2D eigenvalue weighted by Crippen LogP contribution is 2.21. The molecule has 0 atom stereocenters. The summed E-state index contributed by atoms with van der Waals surface area (Å²) in [6.07, 6.45) is -4.33. The lowest BCUT2D eigenvalue weighted by molar-refractivity contribution is -0.147. The second-order valence-corrected chi connectivity index (χ2v) is 4.38. The Balaban J connectivity index is 2.76. The average molecular weight is 303 g/mol. The smallest absolute Gasteiger partial charge is 0.395 e. The van der Waals surface area contributed by atoms with Crippen LogP contribution in [0.1, 0.15) is 5.56 Å². The van der Waals surface area contributed by atoms with Crippen LogP contribution < -0.4 is 0 Å². The van der Waals surface area contributed by atoms with Gasteiger partial charge in [0, 0.05) is 18.7 Å². The Bertz CT molecular complexity index is 401. The van der Waals surface area contributed by atoms with E-state index in [1.54, 1.807) is 0 Å². The van der Waals surface area contributed by atoms with Crippen molar-refractivity contribution in [3.05, 3.63) is 28.0 Å². The molecule has 0 saturated carbocycles. The molecule has 1 heterocycles. The van der Waals surface area contributed by atoms with Gasteiger partial charge in [-0.25, -0.2) is 4.98 Å². The highest BCUT2D eigenvalue weighted by atomic mass is 35.5. The van der Waals surface area contributed by atoms with E-state index in [4.69, 9.17) is 28.3 Å². The van der Waals surface area contributed by atoms with Crippen LogP contribution in [-0.2, 0) is 6.54 Å². The Kier molecular flexibility index (Phi) is 5.65. The van der Waals surface area contributed by atoms with E-state index in [0.717, 1.165) is 4.90 Å². The molecule has 18 heavy (non-hydrogen) atoms. The fourth-order valence-corrected chi connectivity index (χ4v) is 1.81. The Morgan fingerprint density at radius 1 is 1.28 bits per heavy atom. The summed E-state index contributed by atoms with van der Waals surface area (Å²) in [6.45, 7) is -1.64. The Labute approximate surface area is 112 Å². The van der Waals surface area contributed by atoms with Gasteiger partial charge in [0.25, 0.3) is 0 Å². The van der Waals surface area contributed by atoms with Gasteiger partial charge < -0.3 is 5.11 Å². The third-order valence-corrected chi connectivity index (χ3v) is 2.64. The van der Waals surface area contributed by atoms with Crippen molar-refractivity contribution in [3.8, 4) is 0 Å². The summed E-state index contributed by atoms with van der Waals surface area (Å²) < 4.78 is 36.9. The number of alkyl halides is 3. The molecule has 1 aromatic heterocycles. The van der Waals surface area contributed by atoms with Crippen LogP contribution in [0.15, 0.2) is 12.1 Å². The molecular formula is C10H11Cl2F3N2O. The average Bonchev–Trinajstić information content (AvgIpc) is 2.20. The molecule has 8 heteroatoms. The van der Waals surface area contributed by atoms with Gasteiger partial charge in [-0.2, -0.15) is 13.2 Å². The highest BCUT2D eigenvalue weighted by molar-refractivity contribution is 6.32. The van der Waals surface area contributed by atoms with Crippen molar-refractivity contribution in [2.45, 2.75) is 12.7 Å². The Morgan fingerprint density at radius 3 is 2.44 bits per heavy atom. The van der Waals surface area contributed by atoms with E-state index in [9.17, 15) is 13.2 Å². The molecule has 0 aliphatic heterocycles. The van der Waals surface area contributed by atoms with Gasteiger partial charge in [-0.3, -0.25) is 4.90 Å². The quantitative estimate of drug-likeness (QED) is 0.850. The van der Waals surface area contributed by atoms with Crippen LogP contribution in [0.3, 0.4) is 0 Å². The molecule has 0 aliphatic carbocycles. The summed E-state index contributed by atoms with van der Waals surface area (Å²) in [5.41, 5.74) is 0.429. The van der Waals surface area contributed by atoms with Crippen molar-refractivity contribution in [2.75, 3.05) is 19.7 Å². The lowest BCUT2D eigenvalue weighted by atomic mass is 10.2. The van der Waals surface area contributed by atoms with E-state index >= 15 is 0 Å². The van der Waals surface area contributed by atoms with Crippen LogP contribution in [0.25, 0.3) is 0 Å². The van der Waals surface area contributed by atoms with Crippen molar-refractivity contribution in [3.63, 3.8) is 0 Å². The number of aromatic nitrogens is 1. The van der Waals surface area contributed by atoms with Crippen LogP contribution in [0, 0.1) is 0 Å². The zero-order valence-electron chi connectivity index (χ0n) is 9.21. The third kappa shape index (κ3) is 5.39. The predicted molar refractivity (Wildman–Crippen MR) is 62.7 cm³/mol. The molecule has 102 valence electrons. The van der Waals surface area contributed by atoms with Crippen LogP contribution in [0.5, 0.6) is 0 Å². The maximum Gasteiger partial charge on any atom is 0.401 e. The highest BCUT2D eigenvalue weighted by Gasteiger charge is 2.30. The summed E-state index contributed by atoms with van der Waals surface area (Å²) in [5.74, 6) is 0. The lowest BCUT2D eigenvalue weighted by Crippen LogP contribution is -2.35. The first-order chi connectivity index (χ1) is 8.31. The zero-order valence-corrected chi connectivity index (χ0v) is 10.7. The molecule has 0 aromatic carbocycles. The van der Waals surface area contributed by atoms with Gasteiger partial charge in [-0.05, 0) is 6.07 Å². The first-order valence-electron chi connectivity index (χ1n) is 5.02. The van der Waals surface area contributed by atoms with Crippen molar-refractivity contribution >= 4 is 23.2 Å². The Hall–Kier alpha value is -0.560. The van der Waals surface area contributed by atoms with E-state index in [-0.39, 0.29) is 30.0 Å². The topological polar surface area (TPSA) is 36.4 Å². The largest absolute Gasteiger partial charge is 0.401 e. The molecule has 3 nitrogen and oxygen atoms in total. The summed E-state index contributed by atoms with van der Waals surface area (Å²) in [6, 6.07) is 2.96. The number of halogens is 5. The van der Waals surface area contributed by atoms with Crippen LogP contribution >= 0.6 is 23.2 Å². The third-order valence-electron chi connectivity index (χ3n) is 2.11. The molecular weight excluding hydrogens is 292 g/mol. The molecule has 0 unspecified atom stereocenters. The van der Waals surface area contributed by atoms with Crippen LogP contribution in [0.4, 0.5) is 13.2 Å². The minimum Gasteiger partial charge on any atom is -0.395 e. The summed E-state index contributed by atoms with van der Waals surface area (Å²) in [4.78, 5) is 4.78. The van der Waals surface area contributed by atoms with Crippen molar-refractivity contribution in [2.24, 2.45) is 0 Å². The number of hydrogen-bond donors (Lipinski definition) is 1. The first-order valence-corrected chi connectivity index (χ1v) is 5.78. The van der Waals surface area contributed by atoms with Gasteiger partial charge in [-0.1, -0.05) is 29.3 Å². The number of aliphatic hydroxyl groups is 1. The van der Waals surface area contributed by atoms with E-state index < -0.39 is 12.7 Å². The maximum absolute atomic E-state index is 12.3. The van der Waals surface area contributed by atoms with Gasteiger partial charge in [0.1, 0.15) is 10.3 Å². The molecule has 0 radical (unpaired) electrons. The molecule has 0 fully saturated rings. The maximum atomic E-state index is 12.3. The number of pyridine rings is 1. The first kappa shape index (κ1) is 15.5. The molecule has 0 saturated heterocycles. The molecule has 1 rings (SSSR count). The van der Waals surface area contributed by atoms with Crippen LogP contribution in [-0.4, -0.2) is 40.9 Å². The van der Waals surface area contributed by atoms with Crippen LogP contribution in [0.2, 0.25) is 10.3 Å². The van der Waals surface area contributed by atoms with E-state index in [1.807, 2.05) is 0 Å². The van der Waals surface area contributed by atoms with E-state index in [2.05, 4.69) is 4.98 Å². The number of hydrogen-bond acceptors (Lipinski definition) is 3. The minimum atomic E-state index is -4.33. The number of aliphatic hydroxyl groups excluding tert-OH is 1. The van der Waals surface area contributed by atoms with E-state index in [1.165, 1.54) is 12.1 Å². The molecule has 0 spiro atoms. The number of rotatable bonds is 5. The summed E-state index contributed by atoms with van der Waals surface area (Å²) >= 11 is 11.4. The number of nitrogens with zero attached hydrogens (tertiary/aromatic N) is 2. The van der Waals surface area contributed by atoms with Crippen molar-refractivity contribution in [1.82, 2.24) is 9.88 Å². The van der Waals surface area contributed by atoms with Crippen molar-refractivity contribution < 1.29 is 18.3 Å². The fourth-order valence-electron chi connectivity index (χ4n) is 1.41. The second-order valence-electron chi connectivity index (χ2n) is 3.63. The lowest BCUT2D eigenvalue weighted by Gasteiger charge is -2.22. The van der Waals surface area contributed by atoms with Crippen molar-refractivity contribution in [1.29, 1.82) is 0 Å². The monoisotopic (exact) mass is 302 g/mol. The Morgan fingerprint density at radius 2 is 1.94 bits per heavy atom. The summed E-state index contributed by atoms with van der Waals surface area (Å²) in [5, 5.41) is 8.98. The molecule has 0 amide bonds. The second kappa shape index (κ2) is 6.56. The van der Waals surface area contributed by atoms with E-state index in [0.29, 0.717) is 5.56 Å². The SMILES string of the molecule is OCCN(Cc1ccc(Cl)nc1Cl)CC(F)(F)F. The normalized spacial score (nSPS) is 12.2. The summed E-state index contributed by atoms with van der Waals surface area (Å²) in [7, 11) is 0. The predicted octanol–water partition coefficient (Wildman–Crippen LogP) is 2.75. The molecule has 1 N–H and O–H groups in total. The zero-order chi connectivity index (χ0) is 13.8. The van der Waals surface area contributed by atoms with Gasteiger partial charge in [0.15, 0.2) is 0 Å². The van der Waals surface area contributed by atoms with Gasteiger partial charge >= 0.3 is 6.18 Å². The molecule has 1 aromatic rings. The molecule has 0 aliphatic rings. The molecule has 0 bridgehead atoms. The fraction of sp³-hybridized carbons (Fsp3) is 0.500. The van der Waals surface area contributed by atoms with Gasteiger partial charge in [0.2, 0.25) is 0 Å².